The zero-order valence-corrected chi connectivity index (χ0v) is 19.3. The fourth-order valence-electron chi connectivity index (χ4n) is 3.17. The van der Waals surface area contributed by atoms with Crippen LogP contribution in [0.2, 0.25) is 0 Å². The van der Waals surface area contributed by atoms with Crippen LogP contribution in [0.25, 0.3) is 11.6 Å². The molecular formula is C23H29N5O3S. The van der Waals surface area contributed by atoms with Crippen molar-refractivity contribution >= 4 is 23.6 Å². The van der Waals surface area contributed by atoms with E-state index in [4.69, 9.17) is 4.42 Å². The summed E-state index contributed by atoms with van der Waals surface area (Å²) in [5.74, 6) is 1.17. The van der Waals surface area contributed by atoms with Gasteiger partial charge in [0.15, 0.2) is 10.9 Å². The Morgan fingerprint density at radius 1 is 1.09 bits per heavy atom. The predicted octanol–water partition coefficient (Wildman–Crippen LogP) is 3.44. The van der Waals surface area contributed by atoms with E-state index in [1.165, 1.54) is 11.8 Å². The number of rotatable bonds is 12. The van der Waals surface area contributed by atoms with Gasteiger partial charge in [-0.3, -0.25) is 14.2 Å². The van der Waals surface area contributed by atoms with Crippen molar-refractivity contribution in [1.82, 2.24) is 25.0 Å². The summed E-state index contributed by atoms with van der Waals surface area (Å²) in [7, 11) is 0. The molecule has 0 spiro atoms. The van der Waals surface area contributed by atoms with Crippen molar-refractivity contribution in [3.05, 3.63) is 54.3 Å². The number of nitrogens with one attached hydrogen (secondary N) is 1. The fraction of sp³-hybridized carbons (Fsp3) is 0.391. The van der Waals surface area contributed by atoms with Gasteiger partial charge in [0.25, 0.3) is 0 Å². The van der Waals surface area contributed by atoms with Crippen LogP contribution >= 0.6 is 11.8 Å². The van der Waals surface area contributed by atoms with Crippen LogP contribution in [0.15, 0.2) is 58.3 Å². The first-order valence-corrected chi connectivity index (χ1v) is 11.8. The maximum absolute atomic E-state index is 12.9. The van der Waals surface area contributed by atoms with Gasteiger partial charge in [-0.15, -0.1) is 10.2 Å². The number of thioether (sulfide) groups is 1. The van der Waals surface area contributed by atoms with Crippen LogP contribution in [-0.2, 0) is 16.1 Å². The number of hydrogen-bond acceptors (Lipinski definition) is 6. The molecule has 2 amide bonds. The molecule has 3 rings (SSSR count). The summed E-state index contributed by atoms with van der Waals surface area (Å²) in [5.41, 5.74) is 1.09. The fourth-order valence-corrected chi connectivity index (χ4v) is 4.01. The van der Waals surface area contributed by atoms with E-state index in [0.29, 0.717) is 36.4 Å². The van der Waals surface area contributed by atoms with Gasteiger partial charge in [-0.1, -0.05) is 55.9 Å². The third-order valence-electron chi connectivity index (χ3n) is 4.72. The second-order valence-corrected chi connectivity index (χ2v) is 8.25. The lowest BCUT2D eigenvalue weighted by molar-refractivity contribution is -0.134. The Kier molecular flexibility index (Phi) is 8.91. The summed E-state index contributed by atoms with van der Waals surface area (Å²) < 4.78 is 7.48. The maximum atomic E-state index is 12.9. The molecule has 170 valence electrons. The topological polar surface area (TPSA) is 93.3 Å². The summed E-state index contributed by atoms with van der Waals surface area (Å²) in [6.45, 7) is 5.76. The van der Waals surface area contributed by atoms with Crippen molar-refractivity contribution in [2.24, 2.45) is 0 Å². The van der Waals surface area contributed by atoms with Gasteiger partial charge in [0.1, 0.15) is 0 Å². The third kappa shape index (κ3) is 6.46. The highest BCUT2D eigenvalue weighted by molar-refractivity contribution is 7.99. The quantitative estimate of drug-likeness (QED) is 0.421. The molecule has 0 bridgehead atoms. The molecule has 0 saturated heterocycles. The van der Waals surface area contributed by atoms with E-state index >= 15 is 0 Å². The van der Waals surface area contributed by atoms with Crippen LogP contribution in [0, 0.1) is 0 Å². The van der Waals surface area contributed by atoms with E-state index in [1.807, 2.05) is 54.8 Å². The van der Waals surface area contributed by atoms with E-state index in [9.17, 15) is 9.59 Å². The highest BCUT2D eigenvalue weighted by Crippen LogP contribution is 2.25. The molecule has 2 heterocycles. The number of carbonyl (C=O) groups excluding carboxylic acids is 2. The summed E-state index contributed by atoms with van der Waals surface area (Å²) >= 11 is 1.32. The first-order valence-electron chi connectivity index (χ1n) is 10.8. The lowest BCUT2D eigenvalue weighted by Crippen LogP contribution is -2.42. The van der Waals surface area contributed by atoms with Gasteiger partial charge in [-0.05, 0) is 30.5 Å². The van der Waals surface area contributed by atoms with Crippen molar-refractivity contribution in [3.63, 3.8) is 0 Å². The molecule has 2 aromatic heterocycles. The van der Waals surface area contributed by atoms with E-state index in [-0.39, 0.29) is 24.1 Å². The summed E-state index contributed by atoms with van der Waals surface area (Å²) in [6, 6.07) is 13.6. The molecule has 0 unspecified atom stereocenters. The van der Waals surface area contributed by atoms with Crippen molar-refractivity contribution in [2.75, 3.05) is 25.4 Å². The van der Waals surface area contributed by atoms with Gasteiger partial charge in [-0.25, -0.2) is 0 Å². The van der Waals surface area contributed by atoms with Gasteiger partial charge in [0.2, 0.25) is 17.6 Å². The zero-order chi connectivity index (χ0) is 22.8. The van der Waals surface area contributed by atoms with Crippen LogP contribution in [-0.4, -0.2) is 56.9 Å². The SMILES string of the molecule is CCCNC(=O)CN(CCC)C(=O)CSc1nnc(-c2ccco2)n1Cc1ccccc1. The standard InChI is InChI=1S/C23H29N5O3S/c1-3-12-24-20(29)16-27(13-4-2)21(30)17-32-23-26-25-22(19-11-8-14-31-19)28(23)15-18-9-6-5-7-10-18/h5-11,14H,3-4,12-13,15-17H2,1-2H3,(H,24,29). The lowest BCUT2D eigenvalue weighted by Gasteiger charge is -2.21. The molecule has 0 aliphatic carbocycles. The van der Waals surface area contributed by atoms with Gasteiger partial charge in [-0.2, -0.15) is 0 Å². The second-order valence-electron chi connectivity index (χ2n) is 7.31. The molecule has 8 nitrogen and oxygen atoms in total. The minimum Gasteiger partial charge on any atom is -0.461 e. The van der Waals surface area contributed by atoms with Gasteiger partial charge in [0.05, 0.1) is 25.1 Å². The summed E-state index contributed by atoms with van der Waals surface area (Å²) in [5, 5.41) is 12.1. The van der Waals surface area contributed by atoms with Crippen molar-refractivity contribution in [3.8, 4) is 11.6 Å². The molecule has 9 heteroatoms. The molecule has 0 fully saturated rings. The first-order chi connectivity index (χ1) is 15.6. The van der Waals surface area contributed by atoms with Crippen LogP contribution < -0.4 is 5.32 Å². The van der Waals surface area contributed by atoms with Crippen LogP contribution in [0.4, 0.5) is 0 Å². The van der Waals surface area contributed by atoms with Gasteiger partial charge < -0.3 is 14.6 Å². The van der Waals surface area contributed by atoms with Gasteiger partial charge >= 0.3 is 0 Å². The van der Waals surface area contributed by atoms with Crippen molar-refractivity contribution in [2.45, 2.75) is 38.4 Å². The Morgan fingerprint density at radius 2 is 1.91 bits per heavy atom. The Bertz CT molecular complexity index is 988. The molecule has 1 N–H and O–H groups in total. The molecule has 0 aliphatic rings. The van der Waals surface area contributed by atoms with E-state index in [2.05, 4.69) is 15.5 Å². The Morgan fingerprint density at radius 3 is 2.59 bits per heavy atom. The zero-order valence-electron chi connectivity index (χ0n) is 18.5. The van der Waals surface area contributed by atoms with E-state index in [0.717, 1.165) is 18.4 Å². The minimum absolute atomic E-state index is 0.0710. The minimum atomic E-state index is -0.133. The third-order valence-corrected chi connectivity index (χ3v) is 5.67. The number of benzene rings is 1. The predicted molar refractivity (Wildman–Crippen MR) is 124 cm³/mol. The highest BCUT2D eigenvalue weighted by atomic mass is 32.2. The van der Waals surface area contributed by atoms with Gasteiger partial charge in [0, 0.05) is 13.1 Å². The average molecular weight is 456 g/mol. The Labute approximate surface area is 192 Å². The number of hydrogen-bond donors (Lipinski definition) is 1. The van der Waals surface area contributed by atoms with Crippen LogP contribution in [0.3, 0.4) is 0 Å². The lowest BCUT2D eigenvalue weighted by atomic mass is 10.2. The van der Waals surface area contributed by atoms with E-state index < -0.39 is 0 Å². The molecule has 32 heavy (non-hydrogen) atoms. The first kappa shape index (κ1) is 23.6. The smallest absolute Gasteiger partial charge is 0.239 e. The Hall–Kier alpha value is -3.07. The number of aromatic nitrogens is 3. The molecule has 0 aliphatic heterocycles. The number of carbonyl (C=O) groups is 2. The van der Waals surface area contributed by atoms with Crippen LogP contribution in [0.1, 0.15) is 32.3 Å². The normalized spacial score (nSPS) is 10.8. The number of nitrogens with zero attached hydrogens (tertiary/aromatic N) is 4. The van der Waals surface area contributed by atoms with Crippen molar-refractivity contribution < 1.29 is 14.0 Å². The van der Waals surface area contributed by atoms with Crippen molar-refractivity contribution in [1.29, 1.82) is 0 Å². The highest BCUT2D eigenvalue weighted by Gasteiger charge is 2.21. The molecule has 3 aromatic rings. The average Bonchev–Trinajstić information content (AvgIpc) is 3.46. The largest absolute Gasteiger partial charge is 0.461 e. The second kappa shape index (κ2) is 12.1. The molecular weight excluding hydrogens is 426 g/mol. The molecule has 1 aromatic carbocycles. The summed E-state index contributed by atoms with van der Waals surface area (Å²) in [4.78, 5) is 26.6. The monoisotopic (exact) mass is 455 g/mol. The Balaban J connectivity index is 1.73. The molecule has 0 atom stereocenters. The summed E-state index contributed by atoms with van der Waals surface area (Å²) in [6.07, 6.45) is 3.24. The van der Waals surface area contributed by atoms with Crippen LogP contribution in [0.5, 0.6) is 0 Å². The maximum Gasteiger partial charge on any atom is 0.239 e. The number of furan rings is 1. The molecule has 0 radical (unpaired) electrons. The number of amides is 2. The molecule has 0 saturated carbocycles. The van der Waals surface area contributed by atoms with E-state index in [1.54, 1.807) is 17.2 Å².